The molecule has 2 fully saturated rings. The Hall–Kier alpha value is -3.83. The van der Waals surface area contributed by atoms with E-state index in [0.29, 0.717) is 32.2 Å². The first kappa shape index (κ1) is 35.4. The van der Waals surface area contributed by atoms with E-state index >= 15 is 0 Å². The zero-order valence-electron chi connectivity index (χ0n) is 24.9. The molecule has 17 nitrogen and oxygen atoms in total. The highest BCUT2D eigenvalue weighted by atomic mass is 16.3. The fourth-order valence-corrected chi connectivity index (χ4v) is 5.04. The first-order chi connectivity index (χ1) is 20.2. The summed E-state index contributed by atoms with van der Waals surface area (Å²) in [6.07, 6.45) is 0.404. The fourth-order valence-electron chi connectivity index (χ4n) is 5.04. The lowest BCUT2D eigenvalue weighted by Crippen LogP contribution is -2.61. The molecule has 0 bridgehead atoms. The third-order valence-corrected chi connectivity index (χ3v) is 7.41. The smallest absolute Gasteiger partial charge is 0.246 e. The summed E-state index contributed by atoms with van der Waals surface area (Å²) in [7, 11) is 1.51. The van der Waals surface area contributed by atoms with E-state index in [1.54, 1.807) is 0 Å². The minimum atomic E-state index is -1.53. The topological polar surface area (TPSA) is 253 Å². The third-order valence-electron chi connectivity index (χ3n) is 7.41. The number of hydrogen-bond donors (Lipinski definition) is 8. The third kappa shape index (κ3) is 9.33. The minimum Gasteiger partial charge on any atom is -0.394 e. The predicted octanol–water partition coefficient (Wildman–Crippen LogP) is -4.97. The number of carbonyl (C=O) groups is 7. The highest BCUT2D eigenvalue weighted by Gasteiger charge is 2.43. The number of carbonyl (C=O) groups excluding carboxylic acids is 7. The molecular weight excluding hydrogens is 568 g/mol. The maximum absolute atomic E-state index is 13.5. The maximum Gasteiger partial charge on any atom is 0.246 e. The van der Waals surface area contributed by atoms with Crippen molar-refractivity contribution in [3.05, 3.63) is 0 Å². The van der Waals surface area contributed by atoms with Gasteiger partial charge in [0.25, 0.3) is 0 Å². The van der Waals surface area contributed by atoms with Crippen LogP contribution in [0.25, 0.3) is 0 Å². The Kier molecular flexibility index (Phi) is 13.3. The van der Waals surface area contributed by atoms with Crippen LogP contribution in [0.1, 0.15) is 46.5 Å². The molecule has 17 heteroatoms. The fraction of sp³-hybridized carbons (Fsp3) is 0.731. The Labute approximate surface area is 249 Å². The molecule has 0 aromatic rings. The summed E-state index contributed by atoms with van der Waals surface area (Å²) in [5, 5.41) is 31.8. The number of amides is 7. The number of rotatable bonds is 14. The van der Waals surface area contributed by atoms with Gasteiger partial charge < -0.3 is 52.3 Å². The van der Waals surface area contributed by atoms with Gasteiger partial charge in [-0.05, 0) is 53.5 Å². The number of likely N-dealkylation sites (N-methyl/N-ethyl adjacent to an activating group) is 1. The number of likely N-dealkylation sites (tertiary alicyclic amines) is 2. The van der Waals surface area contributed by atoms with Crippen molar-refractivity contribution in [3.8, 4) is 0 Å². The van der Waals surface area contributed by atoms with Gasteiger partial charge in [-0.25, -0.2) is 0 Å². The lowest BCUT2D eigenvalue weighted by Gasteiger charge is -2.33. The van der Waals surface area contributed by atoms with E-state index in [-0.39, 0.29) is 13.1 Å². The van der Waals surface area contributed by atoms with Gasteiger partial charge in [0, 0.05) is 13.1 Å². The second-order valence-corrected chi connectivity index (χ2v) is 10.8. The molecular formula is C26H44N8O9. The number of nitrogens with two attached hydrogens (primary N) is 1. The van der Waals surface area contributed by atoms with E-state index in [1.807, 2.05) is 0 Å². The van der Waals surface area contributed by atoms with Gasteiger partial charge in [-0.1, -0.05) is 0 Å². The SMILES string of the molecule is CNCC(=O)NC(CO)C(=O)NC(C(=O)NC(C)C(=O)N1CCCC1C(=O)N1CCCC1C(=O)NC(C)C(N)=O)C(C)O. The van der Waals surface area contributed by atoms with Crippen LogP contribution in [0.3, 0.4) is 0 Å². The predicted molar refractivity (Wildman–Crippen MR) is 150 cm³/mol. The monoisotopic (exact) mass is 612 g/mol. The van der Waals surface area contributed by atoms with Crippen LogP contribution in [0.5, 0.6) is 0 Å². The normalized spacial score (nSPS) is 21.6. The van der Waals surface area contributed by atoms with Crippen LogP contribution in [-0.2, 0) is 33.6 Å². The summed E-state index contributed by atoms with van der Waals surface area (Å²) < 4.78 is 0. The number of nitrogens with one attached hydrogen (secondary N) is 5. The van der Waals surface area contributed by atoms with Crippen LogP contribution >= 0.6 is 0 Å². The van der Waals surface area contributed by atoms with Crippen LogP contribution < -0.4 is 32.3 Å². The molecule has 2 aliphatic heterocycles. The molecule has 9 N–H and O–H groups in total. The lowest BCUT2D eigenvalue weighted by molar-refractivity contribution is -0.148. The molecule has 0 aliphatic carbocycles. The molecule has 0 radical (unpaired) electrons. The Bertz CT molecular complexity index is 1070. The van der Waals surface area contributed by atoms with E-state index in [2.05, 4.69) is 26.6 Å². The van der Waals surface area contributed by atoms with Crippen molar-refractivity contribution in [1.29, 1.82) is 0 Å². The van der Waals surface area contributed by atoms with Crippen LogP contribution in [0, 0.1) is 0 Å². The van der Waals surface area contributed by atoms with Gasteiger partial charge in [-0.15, -0.1) is 0 Å². The number of primary amides is 1. The van der Waals surface area contributed by atoms with E-state index in [1.165, 1.54) is 37.6 Å². The number of aliphatic hydroxyl groups excluding tert-OH is 2. The van der Waals surface area contributed by atoms with Crippen LogP contribution in [0.4, 0.5) is 0 Å². The van der Waals surface area contributed by atoms with Crippen LogP contribution in [0.15, 0.2) is 0 Å². The molecule has 2 saturated heterocycles. The molecule has 0 aromatic carbocycles. The summed E-state index contributed by atoms with van der Waals surface area (Å²) in [6.45, 7) is 3.73. The zero-order valence-corrected chi connectivity index (χ0v) is 24.9. The quantitative estimate of drug-likeness (QED) is 0.0927. The van der Waals surface area contributed by atoms with Crippen LogP contribution in [-0.4, -0.2) is 137 Å². The molecule has 7 unspecified atom stereocenters. The molecule has 0 aromatic heterocycles. The molecule has 7 amide bonds. The number of hydrogen-bond acceptors (Lipinski definition) is 10. The molecule has 0 saturated carbocycles. The minimum absolute atomic E-state index is 0.121. The van der Waals surface area contributed by atoms with E-state index in [9.17, 15) is 43.8 Å². The molecule has 43 heavy (non-hydrogen) atoms. The first-order valence-electron chi connectivity index (χ1n) is 14.3. The lowest BCUT2D eigenvalue weighted by atomic mass is 10.1. The second kappa shape index (κ2) is 16.1. The average Bonchev–Trinajstić information content (AvgIpc) is 3.64. The summed E-state index contributed by atoms with van der Waals surface area (Å²) in [5.74, 6) is -4.62. The van der Waals surface area contributed by atoms with E-state index in [0.717, 1.165) is 0 Å². The second-order valence-electron chi connectivity index (χ2n) is 10.8. The van der Waals surface area contributed by atoms with Crippen molar-refractivity contribution >= 4 is 41.4 Å². The summed E-state index contributed by atoms with van der Waals surface area (Å²) >= 11 is 0. The van der Waals surface area contributed by atoms with E-state index < -0.39 is 90.3 Å². The Morgan fingerprint density at radius 1 is 0.837 bits per heavy atom. The summed E-state index contributed by atoms with van der Waals surface area (Å²) in [6, 6.07) is -6.67. The van der Waals surface area contributed by atoms with Crippen LogP contribution in [0.2, 0.25) is 0 Å². The molecule has 2 heterocycles. The molecule has 2 aliphatic rings. The molecule has 0 spiro atoms. The number of nitrogens with zero attached hydrogens (tertiary/aromatic N) is 2. The van der Waals surface area contributed by atoms with Crippen molar-refractivity contribution in [2.45, 2.75) is 88.8 Å². The van der Waals surface area contributed by atoms with Gasteiger partial charge >= 0.3 is 0 Å². The summed E-state index contributed by atoms with van der Waals surface area (Å²) in [5.41, 5.74) is 5.23. The summed E-state index contributed by atoms with van der Waals surface area (Å²) in [4.78, 5) is 91.1. The Balaban J connectivity index is 2.06. The maximum atomic E-state index is 13.5. The van der Waals surface area contributed by atoms with Crippen molar-refractivity contribution in [3.63, 3.8) is 0 Å². The van der Waals surface area contributed by atoms with Gasteiger partial charge in [0.05, 0.1) is 19.3 Å². The van der Waals surface area contributed by atoms with Gasteiger partial charge in [0.1, 0.15) is 36.3 Å². The van der Waals surface area contributed by atoms with E-state index in [4.69, 9.17) is 5.73 Å². The zero-order chi connectivity index (χ0) is 32.4. The van der Waals surface area contributed by atoms with Crippen molar-refractivity contribution in [2.24, 2.45) is 5.73 Å². The molecule has 242 valence electrons. The highest BCUT2D eigenvalue weighted by molar-refractivity contribution is 5.97. The Morgan fingerprint density at radius 2 is 1.44 bits per heavy atom. The number of aliphatic hydroxyl groups is 2. The van der Waals surface area contributed by atoms with Crippen molar-refractivity contribution in [2.75, 3.05) is 33.3 Å². The molecule has 7 atom stereocenters. The van der Waals surface area contributed by atoms with Gasteiger partial charge in [-0.3, -0.25) is 33.6 Å². The highest BCUT2D eigenvalue weighted by Crippen LogP contribution is 2.25. The van der Waals surface area contributed by atoms with Gasteiger partial charge in [-0.2, -0.15) is 0 Å². The standard InChI is InChI=1S/C26H44N8O9/c1-13(21(27)38)29-23(40)17-7-5-9-33(17)26(43)18-8-6-10-34(18)25(42)14(2)30-24(41)20(15(3)36)32-22(39)16(12-35)31-19(37)11-28-4/h13-18,20,28,35-36H,5-12H2,1-4H3,(H2,27,38)(H,29,40)(H,30,41)(H,31,37)(H,32,39). The Morgan fingerprint density at radius 3 is 2.00 bits per heavy atom. The van der Waals surface area contributed by atoms with Gasteiger partial charge in [0.15, 0.2) is 0 Å². The first-order valence-corrected chi connectivity index (χ1v) is 14.3. The average molecular weight is 613 g/mol. The largest absolute Gasteiger partial charge is 0.394 e. The van der Waals surface area contributed by atoms with Crippen molar-refractivity contribution < 1.29 is 43.8 Å². The van der Waals surface area contributed by atoms with Crippen molar-refractivity contribution in [1.82, 2.24) is 36.4 Å². The van der Waals surface area contributed by atoms with Gasteiger partial charge in [0.2, 0.25) is 41.4 Å². The molecule has 2 rings (SSSR count).